The Morgan fingerprint density at radius 3 is 2.95 bits per heavy atom. The summed E-state index contributed by atoms with van der Waals surface area (Å²) in [7, 11) is -1.79. The van der Waals surface area contributed by atoms with Gasteiger partial charge in [0, 0.05) is 19.6 Å². The molecule has 1 aliphatic rings. The molecule has 2 rings (SSSR count). The van der Waals surface area contributed by atoms with Crippen molar-refractivity contribution in [3.05, 3.63) is 17.9 Å². The number of carbonyl (C=O) groups excluding carboxylic acids is 1. The van der Waals surface area contributed by atoms with Crippen LogP contribution in [0.1, 0.15) is 10.6 Å². The molecule has 0 amide bonds. The Hall–Kier alpha value is -1.22. The molecule has 106 valence electrons. The van der Waals surface area contributed by atoms with E-state index in [9.17, 15) is 13.2 Å². The monoisotopic (exact) mass is 288 g/mol. The zero-order valence-electron chi connectivity index (χ0n) is 10.5. The molecular weight excluding hydrogens is 272 g/mol. The van der Waals surface area contributed by atoms with Gasteiger partial charge in [0.05, 0.1) is 12.7 Å². The number of likely N-dealkylation sites (N-methyl/N-ethyl adjacent to an activating group) is 1. The third-order valence-electron chi connectivity index (χ3n) is 2.83. The summed E-state index contributed by atoms with van der Waals surface area (Å²) in [6.45, 7) is 2.26. The van der Waals surface area contributed by atoms with Crippen LogP contribution in [0.2, 0.25) is 0 Å². The van der Waals surface area contributed by atoms with Gasteiger partial charge in [0.25, 0.3) is 10.0 Å². The summed E-state index contributed by atoms with van der Waals surface area (Å²) in [4.78, 5) is 12.5. The highest BCUT2D eigenvalue weighted by atomic mass is 32.2. The standard InChI is InChI=1S/C11H16N2O5S/c1-13-4-5-17-10(7-13)6-12-19(15,16)11-3-2-9(8-14)18-11/h2-3,8,10,12H,4-7H2,1H3. The molecule has 1 aromatic heterocycles. The van der Waals surface area contributed by atoms with E-state index in [1.54, 1.807) is 0 Å². The Kier molecular flexibility index (Phi) is 4.35. The van der Waals surface area contributed by atoms with Gasteiger partial charge in [-0.15, -0.1) is 0 Å². The van der Waals surface area contributed by atoms with Gasteiger partial charge in [-0.25, -0.2) is 13.1 Å². The van der Waals surface area contributed by atoms with Crippen molar-refractivity contribution in [1.82, 2.24) is 9.62 Å². The molecule has 1 atom stereocenters. The van der Waals surface area contributed by atoms with Gasteiger partial charge in [-0.1, -0.05) is 0 Å². The van der Waals surface area contributed by atoms with E-state index in [2.05, 4.69) is 9.62 Å². The fourth-order valence-electron chi connectivity index (χ4n) is 1.81. The van der Waals surface area contributed by atoms with Crippen LogP contribution in [0, 0.1) is 0 Å². The maximum absolute atomic E-state index is 11.9. The lowest BCUT2D eigenvalue weighted by Crippen LogP contribution is -2.45. The van der Waals surface area contributed by atoms with Crippen LogP contribution >= 0.6 is 0 Å². The van der Waals surface area contributed by atoms with E-state index in [1.807, 2.05) is 7.05 Å². The van der Waals surface area contributed by atoms with E-state index in [0.29, 0.717) is 19.4 Å². The van der Waals surface area contributed by atoms with Crippen molar-refractivity contribution in [2.24, 2.45) is 0 Å². The largest absolute Gasteiger partial charge is 0.440 e. The maximum atomic E-state index is 11.9. The molecule has 0 radical (unpaired) electrons. The van der Waals surface area contributed by atoms with Gasteiger partial charge in [0.1, 0.15) is 0 Å². The van der Waals surface area contributed by atoms with E-state index in [1.165, 1.54) is 12.1 Å². The van der Waals surface area contributed by atoms with Crippen LogP contribution in [0.15, 0.2) is 21.6 Å². The number of nitrogens with one attached hydrogen (secondary N) is 1. The minimum absolute atomic E-state index is 0.0194. The number of morpholine rings is 1. The van der Waals surface area contributed by atoms with Crippen LogP contribution in [0.25, 0.3) is 0 Å². The molecule has 0 spiro atoms. The molecule has 8 heteroatoms. The number of hydrogen-bond acceptors (Lipinski definition) is 6. The average molecular weight is 288 g/mol. The number of hydrogen-bond donors (Lipinski definition) is 1. The molecule has 2 heterocycles. The average Bonchev–Trinajstić information content (AvgIpc) is 2.86. The third-order valence-corrected chi connectivity index (χ3v) is 4.12. The first kappa shape index (κ1) is 14.2. The van der Waals surface area contributed by atoms with Crippen LogP contribution in [0.3, 0.4) is 0 Å². The van der Waals surface area contributed by atoms with Crippen molar-refractivity contribution in [2.75, 3.05) is 33.3 Å². The Morgan fingerprint density at radius 1 is 1.53 bits per heavy atom. The zero-order valence-corrected chi connectivity index (χ0v) is 11.4. The van der Waals surface area contributed by atoms with Gasteiger partial charge in [-0.3, -0.25) is 4.79 Å². The number of carbonyl (C=O) groups is 1. The number of sulfonamides is 1. The van der Waals surface area contributed by atoms with Gasteiger partial charge >= 0.3 is 0 Å². The SMILES string of the molecule is CN1CCOC(CNS(=O)(=O)c2ccc(C=O)o2)C1. The highest BCUT2D eigenvalue weighted by molar-refractivity contribution is 7.89. The highest BCUT2D eigenvalue weighted by Crippen LogP contribution is 2.12. The van der Waals surface area contributed by atoms with Crippen molar-refractivity contribution in [3.8, 4) is 0 Å². The summed E-state index contributed by atoms with van der Waals surface area (Å²) in [5.74, 6) is -0.0194. The van der Waals surface area contributed by atoms with E-state index < -0.39 is 10.0 Å². The summed E-state index contributed by atoms with van der Waals surface area (Å²) >= 11 is 0. The minimum Gasteiger partial charge on any atom is -0.440 e. The van der Waals surface area contributed by atoms with Crippen molar-refractivity contribution in [2.45, 2.75) is 11.2 Å². The summed E-state index contributed by atoms with van der Waals surface area (Å²) in [5, 5.41) is -0.265. The second-order valence-corrected chi connectivity index (χ2v) is 6.08. The molecule has 0 aromatic carbocycles. The van der Waals surface area contributed by atoms with Crippen molar-refractivity contribution < 1.29 is 22.4 Å². The lowest BCUT2D eigenvalue weighted by Gasteiger charge is -2.29. The molecule has 1 saturated heterocycles. The second kappa shape index (κ2) is 5.83. The normalized spacial score (nSPS) is 21.4. The smallest absolute Gasteiger partial charge is 0.274 e. The summed E-state index contributed by atoms with van der Waals surface area (Å²) in [6, 6.07) is 2.56. The fraction of sp³-hybridized carbons (Fsp3) is 0.545. The molecular formula is C11H16N2O5S. The number of nitrogens with zero attached hydrogens (tertiary/aromatic N) is 1. The number of ether oxygens (including phenoxy) is 1. The molecule has 1 aliphatic heterocycles. The first-order valence-electron chi connectivity index (χ1n) is 5.86. The number of rotatable bonds is 5. The van der Waals surface area contributed by atoms with E-state index in [0.717, 1.165) is 6.54 Å². The topological polar surface area (TPSA) is 88.9 Å². The van der Waals surface area contributed by atoms with Crippen molar-refractivity contribution in [3.63, 3.8) is 0 Å². The first-order chi connectivity index (χ1) is 9.01. The van der Waals surface area contributed by atoms with Gasteiger partial charge in [0.15, 0.2) is 12.0 Å². The predicted octanol–water partition coefficient (Wildman–Crippen LogP) is -0.299. The predicted molar refractivity (Wildman–Crippen MR) is 66.5 cm³/mol. The zero-order chi connectivity index (χ0) is 13.9. The van der Waals surface area contributed by atoms with Crippen LogP contribution < -0.4 is 4.72 Å². The minimum atomic E-state index is -3.74. The molecule has 1 N–H and O–H groups in total. The fourth-order valence-corrected chi connectivity index (χ4v) is 2.81. The Bertz CT molecular complexity index is 539. The van der Waals surface area contributed by atoms with Gasteiger partial charge in [-0.05, 0) is 19.2 Å². The van der Waals surface area contributed by atoms with Crippen LogP contribution in [-0.4, -0.2) is 59.0 Å². The van der Waals surface area contributed by atoms with Gasteiger partial charge in [-0.2, -0.15) is 0 Å². The second-order valence-electron chi connectivity index (χ2n) is 4.38. The Balaban J connectivity index is 1.95. The van der Waals surface area contributed by atoms with Crippen molar-refractivity contribution >= 4 is 16.3 Å². The van der Waals surface area contributed by atoms with Gasteiger partial charge in [0.2, 0.25) is 5.09 Å². The molecule has 0 aliphatic carbocycles. The molecule has 1 unspecified atom stereocenters. The third kappa shape index (κ3) is 3.63. The van der Waals surface area contributed by atoms with Crippen LogP contribution in [-0.2, 0) is 14.8 Å². The van der Waals surface area contributed by atoms with Crippen molar-refractivity contribution in [1.29, 1.82) is 0 Å². The summed E-state index contributed by atoms with van der Waals surface area (Å²) in [6.07, 6.45) is 0.270. The molecule has 1 aromatic rings. The Morgan fingerprint density at radius 2 is 2.32 bits per heavy atom. The first-order valence-corrected chi connectivity index (χ1v) is 7.34. The molecule has 19 heavy (non-hydrogen) atoms. The Labute approximate surface area is 111 Å². The molecule has 0 saturated carbocycles. The van der Waals surface area contributed by atoms with E-state index in [4.69, 9.17) is 9.15 Å². The van der Waals surface area contributed by atoms with E-state index in [-0.39, 0.29) is 23.5 Å². The van der Waals surface area contributed by atoms with Crippen LogP contribution in [0.4, 0.5) is 0 Å². The summed E-state index contributed by atoms with van der Waals surface area (Å²) < 4.78 is 36.5. The van der Waals surface area contributed by atoms with Crippen LogP contribution in [0.5, 0.6) is 0 Å². The van der Waals surface area contributed by atoms with E-state index >= 15 is 0 Å². The molecule has 7 nitrogen and oxygen atoms in total. The highest BCUT2D eigenvalue weighted by Gasteiger charge is 2.23. The summed E-state index contributed by atoms with van der Waals surface area (Å²) in [5.41, 5.74) is 0. The quantitative estimate of drug-likeness (QED) is 0.748. The lowest BCUT2D eigenvalue weighted by atomic mass is 10.3. The van der Waals surface area contributed by atoms with Gasteiger partial charge < -0.3 is 14.1 Å². The number of aldehydes is 1. The lowest BCUT2D eigenvalue weighted by molar-refractivity contribution is -0.0156. The number of furan rings is 1. The maximum Gasteiger partial charge on any atom is 0.274 e. The molecule has 1 fully saturated rings. The molecule has 0 bridgehead atoms.